The Kier molecular flexibility index (Phi) is 8.60. The molecule has 2 aliphatic rings. The molecule has 0 aromatic heterocycles. The minimum absolute atomic E-state index is 0.0261. The highest BCUT2D eigenvalue weighted by Crippen LogP contribution is 2.63. The molecule has 1 aromatic rings. The van der Waals surface area contributed by atoms with E-state index in [-0.39, 0.29) is 12.5 Å². The summed E-state index contributed by atoms with van der Waals surface area (Å²) in [5, 5.41) is 0. The molecule has 3 rings (SSSR count). The number of carbonyl (C=O) groups is 2. The third kappa shape index (κ3) is 6.10. The Morgan fingerprint density at radius 1 is 1.12 bits per heavy atom. The second-order valence-corrected chi connectivity index (χ2v) is 10.1. The summed E-state index contributed by atoms with van der Waals surface area (Å²) in [4.78, 5) is 24.2. The topological polar surface area (TPSA) is 61.8 Å². The van der Waals surface area contributed by atoms with Gasteiger partial charge in [0.05, 0.1) is 14.2 Å². The zero-order chi connectivity index (χ0) is 24.9. The van der Waals surface area contributed by atoms with E-state index in [1.807, 2.05) is 12.1 Å². The number of ether oxygens (including phenoxy) is 3. The van der Waals surface area contributed by atoms with Gasteiger partial charge in [0, 0.05) is 18.8 Å². The Morgan fingerprint density at radius 2 is 1.82 bits per heavy atom. The van der Waals surface area contributed by atoms with Crippen molar-refractivity contribution in [2.75, 3.05) is 20.8 Å². The Hall–Kier alpha value is -2.58. The molecule has 0 saturated heterocycles. The molecule has 0 radical (unpaired) electrons. The number of methoxy groups -OCH3 is 2. The van der Waals surface area contributed by atoms with Crippen LogP contribution in [-0.2, 0) is 25.5 Å². The van der Waals surface area contributed by atoms with Crippen LogP contribution in [0, 0.1) is 35.5 Å². The quantitative estimate of drug-likeness (QED) is 0.271. The normalized spacial score (nSPS) is 24.0. The first-order valence-corrected chi connectivity index (χ1v) is 12.2. The van der Waals surface area contributed by atoms with Gasteiger partial charge in [-0.3, -0.25) is 4.79 Å². The van der Waals surface area contributed by atoms with Gasteiger partial charge in [0.1, 0.15) is 18.1 Å². The SMILES string of the molecule is COC(=O)C(C)(C)OCC#CC[C@H]1C(=O)CC2C(C(C)=C(C)CCCc3ccc(OC)cc3)C21. The van der Waals surface area contributed by atoms with Crippen LogP contribution in [0.5, 0.6) is 5.75 Å². The number of Topliss-reactive ketones (excluding diaryl/α,β-unsaturated/α-hetero) is 1. The second-order valence-electron chi connectivity index (χ2n) is 10.1. The molecule has 0 heterocycles. The maximum atomic E-state index is 12.5. The van der Waals surface area contributed by atoms with E-state index in [0.717, 1.165) is 25.0 Å². The molecule has 2 saturated carbocycles. The van der Waals surface area contributed by atoms with Gasteiger partial charge in [0.15, 0.2) is 5.60 Å². The summed E-state index contributed by atoms with van der Waals surface area (Å²) >= 11 is 0. The molecule has 5 nitrogen and oxygen atoms in total. The number of rotatable bonds is 10. The third-order valence-electron chi connectivity index (χ3n) is 7.52. The molecule has 1 aromatic carbocycles. The van der Waals surface area contributed by atoms with Crippen molar-refractivity contribution >= 4 is 11.8 Å². The summed E-state index contributed by atoms with van der Waals surface area (Å²) in [6.07, 6.45) is 4.51. The van der Waals surface area contributed by atoms with Crippen LogP contribution >= 0.6 is 0 Å². The van der Waals surface area contributed by atoms with E-state index in [4.69, 9.17) is 14.2 Å². The van der Waals surface area contributed by atoms with E-state index in [2.05, 4.69) is 37.8 Å². The van der Waals surface area contributed by atoms with Crippen molar-refractivity contribution in [3.8, 4) is 17.6 Å². The van der Waals surface area contributed by atoms with Gasteiger partial charge in [-0.1, -0.05) is 29.2 Å². The summed E-state index contributed by atoms with van der Waals surface area (Å²) in [5.74, 6) is 8.39. The van der Waals surface area contributed by atoms with Gasteiger partial charge >= 0.3 is 5.97 Å². The van der Waals surface area contributed by atoms with E-state index >= 15 is 0 Å². The molecule has 0 spiro atoms. The summed E-state index contributed by atoms with van der Waals surface area (Å²) in [5.41, 5.74) is 3.24. The van der Waals surface area contributed by atoms with Crippen LogP contribution in [0.1, 0.15) is 58.9 Å². The summed E-state index contributed by atoms with van der Waals surface area (Å²) in [6.45, 7) is 7.96. The molecule has 5 heteroatoms. The predicted octanol–water partition coefficient (Wildman–Crippen LogP) is 5.17. The van der Waals surface area contributed by atoms with E-state index < -0.39 is 11.6 Å². The van der Waals surface area contributed by atoms with E-state index in [1.54, 1.807) is 21.0 Å². The molecule has 0 N–H and O–H groups in total. The molecule has 0 aliphatic heterocycles. The number of fused-ring (bicyclic) bond motifs is 1. The van der Waals surface area contributed by atoms with Crippen molar-refractivity contribution in [1.29, 1.82) is 0 Å². The molecule has 34 heavy (non-hydrogen) atoms. The first kappa shape index (κ1) is 26.0. The Balaban J connectivity index is 1.48. The van der Waals surface area contributed by atoms with Gasteiger partial charge in [-0.25, -0.2) is 4.79 Å². The highest BCUT2D eigenvalue weighted by Gasteiger charge is 2.61. The van der Waals surface area contributed by atoms with Crippen LogP contribution in [0.4, 0.5) is 0 Å². The van der Waals surface area contributed by atoms with Crippen molar-refractivity contribution in [2.24, 2.45) is 23.7 Å². The molecular formula is C29H38O5. The Bertz CT molecular complexity index is 976. The Morgan fingerprint density at radius 3 is 2.47 bits per heavy atom. The maximum Gasteiger partial charge on any atom is 0.337 e. The zero-order valence-electron chi connectivity index (χ0n) is 21.4. The molecule has 0 bridgehead atoms. The fraction of sp³-hybridized carbons (Fsp3) is 0.586. The first-order chi connectivity index (χ1) is 16.2. The minimum atomic E-state index is -1.02. The number of carbonyl (C=O) groups excluding carboxylic acids is 2. The average molecular weight is 467 g/mol. The first-order valence-electron chi connectivity index (χ1n) is 12.2. The lowest BCUT2D eigenvalue weighted by Crippen LogP contribution is -2.36. The fourth-order valence-corrected chi connectivity index (χ4v) is 5.26. The molecule has 184 valence electrons. The molecule has 2 fully saturated rings. The van der Waals surface area contributed by atoms with Crippen molar-refractivity contribution in [3.63, 3.8) is 0 Å². The zero-order valence-corrected chi connectivity index (χ0v) is 21.4. The molecule has 3 unspecified atom stereocenters. The van der Waals surface area contributed by atoms with Crippen molar-refractivity contribution in [1.82, 2.24) is 0 Å². The van der Waals surface area contributed by atoms with Crippen molar-refractivity contribution in [2.45, 2.75) is 65.4 Å². The van der Waals surface area contributed by atoms with Gasteiger partial charge in [0.2, 0.25) is 0 Å². The smallest absolute Gasteiger partial charge is 0.337 e. The van der Waals surface area contributed by atoms with Gasteiger partial charge in [-0.2, -0.15) is 0 Å². The highest BCUT2D eigenvalue weighted by molar-refractivity contribution is 5.86. The molecular weight excluding hydrogens is 428 g/mol. The number of hydrogen-bond donors (Lipinski definition) is 0. The number of aryl methyl sites for hydroxylation is 1. The maximum absolute atomic E-state index is 12.5. The lowest BCUT2D eigenvalue weighted by atomic mass is 9.90. The largest absolute Gasteiger partial charge is 0.497 e. The standard InChI is InChI=1S/C29H38O5/c1-19(10-9-11-21-13-15-22(32-5)16-14-21)20(2)26-24-18-25(30)23(27(24)26)12-7-8-17-34-29(3,4)28(31)33-6/h13-16,23-24,26-27H,9-12,17-18H2,1-6H3/t23-,24?,26?,27?/m0/s1. The summed E-state index contributed by atoms with van der Waals surface area (Å²) in [6, 6.07) is 8.30. The van der Waals surface area contributed by atoms with Gasteiger partial charge in [0.25, 0.3) is 0 Å². The highest BCUT2D eigenvalue weighted by atomic mass is 16.6. The average Bonchev–Trinajstić information content (AvgIpc) is 3.42. The van der Waals surface area contributed by atoms with Crippen LogP contribution in [0.25, 0.3) is 0 Å². The Labute approximate surface area is 204 Å². The van der Waals surface area contributed by atoms with E-state index in [1.165, 1.54) is 23.8 Å². The van der Waals surface area contributed by atoms with Crippen LogP contribution in [0.2, 0.25) is 0 Å². The lowest BCUT2D eigenvalue weighted by molar-refractivity contribution is -0.163. The fourth-order valence-electron chi connectivity index (χ4n) is 5.26. The lowest BCUT2D eigenvalue weighted by Gasteiger charge is -2.20. The minimum Gasteiger partial charge on any atom is -0.497 e. The molecule has 2 aliphatic carbocycles. The summed E-state index contributed by atoms with van der Waals surface area (Å²) < 4.78 is 15.5. The number of esters is 1. The van der Waals surface area contributed by atoms with Crippen LogP contribution < -0.4 is 4.74 Å². The summed E-state index contributed by atoms with van der Waals surface area (Å²) in [7, 11) is 3.03. The van der Waals surface area contributed by atoms with E-state index in [9.17, 15) is 9.59 Å². The predicted molar refractivity (Wildman–Crippen MR) is 132 cm³/mol. The molecule has 0 amide bonds. The van der Waals surface area contributed by atoms with Crippen LogP contribution in [-0.4, -0.2) is 38.2 Å². The number of benzene rings is 1. The van der Waals surface area contributed by atoms with Crippen molar-refractivity contribution in [3.05, 3.63) is 41.0 Å². The monoisotopic (exact) mass is 466 g/mol. The van der Waals surface area contributed by atoms with E-state index in [0.29, 0.717) is 36.4 Å². The number of allylic oxidation sites excluding steroid dienone is 2. The number of ketones is 1. The van der Waals surface area contributed by atoms with Gasteiger partial charge in [-0.15, -0.1) is 5.92 Å². The second kappa shape index (κ2) is 11.2. The third-order valence-corrected chi connectivity index (χ3v) is 7.52. The van der Waals surface area contributed by atoms with Crippen LogP contribution in [0.3, 0.4) is 0 Å². The number of hydrogen-bond acceptors (Lipinski definition) is 5. The molecule has 4 atom stereocenters. The van der Waals surface area contributed by atoms with Crippen molar-refractivity contribution < 1.29 is 23.8 Å². The van der Waals surface area contributed by atoms with Gasteiger partial charge in [-0.05, 0) is 82.4 Å². The van der Waals surface area contributed by atoms with Crippen LogP contribution in [0.15, 0.2) is 35.4 Å². The van der Waals surface area contributed by atoms with Gasteiger partial charge < -0.3 is 14.2 Å².